The van der Waals surface area contributed by atoms with Gasteiger partial charge in [-0.3, -0.25) is 91.1 Å². The SMILES string of the molecule is C[C@H](N)C(=O)N1CCC[C@H]1C(=O)N[C@@H](CCC(=O)O)C(=O)N[C@@H](CCCCN)C(=O)N[C@@H](C)C(=O)N[C@@H](CCCCN)C(=O)N[C@@H](Cc1ccccc1)C(=O)N[C@@H](CCC(=O)O)C(=O)N[C@@H](C)C(=O)N[C@@H](Cc1ccccc1)C(=O)N[C@@H](CCCCN)C(=O)N[C@@H](C)C(=O)N[C@@H](C)C(=O)N[C@@H](C)C(=O)N[C@@H](C)C(=O)N1CCC[C@H]1C(=O)N[C@@H](C)C(=O)O. The topological polar surface area (TPSA) is 664 Å². The molecule has 25 N–H and O–H groups in total. The van der Waals surface area contributed by atoms with Crippen LogP contribution in [-0.2, 0) is 104 Å². The molecule has 0 radical (unpaired) electrons. The normalized spacial score (nSPS) is 17.3. The minimum absolute atomic E-state index is 0.0447. The molecule has 0 unspecified atom stereocenters. The summed E-state index contributed by atoms with van der Waals surface area (Å²) < 4.78 is 0. The van der Waals surface area contributed by atoms with Crippen LogP contribution in [0.25, 0.3) is 0 Å². The van der Waals surface area contributed by atoms with E-state index in [0.29, 0.717) is 43.2 Å². The third-order valence-electron chi connectivity index (χ3n) is 20.4. The Labute approximate surface area is 707 Å². The van der Waals surface area contributed by atoms with Crippen LogP contribution >= 0.6 is 0 Å². The first kappa shape index (κ1) is 103. The van der Waals surface area contributed by atoms with Crippen molar-refractivity contribution in [1.82, 2.24) is 84.2 Å². The summed E-state index contributed by atoms with van der Waals surface area (Å²) in [6.45, 7) is 11.4. The van der Waals surface area contributed by atoms with Crippen molar-refractivity contribution in [2.24, 2.45) is 22.9 Å². The first-order chi connectivity index (χ1) is 57.7. The molecule has 0 aromatic heterocycles. The van der Waals surface area contributed by atoms with Gasteiger partial charge in [0, 0.05) is 38.8 Å². The highest BCUT2D eigenvalue weighted by Gasteiger charge is 2.42. The van der Waals surface area contributed by atoms with Gasteiger partial charge in [-0.2, -0.15) is 0 Å². The molecule has 0 bridgehead atoms. The Morgan fingerprint density at radius 2 is 0.598 bits per heavy atom. The number of hydrogen-bond acceptors (Lipinski definition) is 23. The summed E-state index contributed by atoms with van der Waals surface area (Å²) in [5, 5.41) is 64.0. The number of benzene rings is 2. The smallest absolute Gasteiger partial charge is 0.325 e. The zero-order chi connectivity index (χ0) is 91.0. The van der Waals surface area contributed by atoms with Gasteiger partial charge < -0.3 is 122 Å². The second-order valence-corrected chi connectivity index (χ2v) is 30.6. The van der Waals surface area contributed by atoms with E-state index in [1.165, 1.54) is 65.2 Å². The van der Waals surface area contributed by atoms with Gasteiger partial charge >= 0.3 is 17.9 Å². The van der Waals surface area contributed by atoms with Gasteiger partial charge in [-0.1, -0.05) is 60.7 Å². The zero-order valence-corrected chi connectivity index (χ0v) is 70.4. The number of hydrogen-bond donors (Lipinski definition) is 21. The number of amides is 16. The van der Waals surface area contributed by atoms with Crippen molar-refractivity contribution in [3.8, 4) is 0 Å². The molecule has 2 fully saturated rings. The predicted octanol–water partition coefficient (Wildman–Crippen LogP) is -5.07. The molecule has 2 aliphatic heterocycles. The van der Waals surface area contributed by atoms with E-state index in [2.05, 4.69) is 74.4 Å². The van der Waals surface area contributed by atoms with Gasteiger partial charge in [0.1, 0.15) is 96.7 Å². The van der Waals surface area contributed by atoms with Crippen LogP contribution in [0, 0.1) is 0 Å². The Morgan fingerprint density at radius 3 is 0.934 bits per heavy atom. The summed E-state index contributed by atoms with van der Waals surface area (Å²) in [4.78, 5) is 260. The van der Waals surface area contributed by atoms with Crippen LogP contribution < -0.4 is 97.4 Å². The van der Waals surface area contributed by atoms with E-state index >= 15 is 0 Å². The molecule has 2 aliphatic rings. The van der Waals surface area contributed by atoms with Crippen molar-refractivity contribution in [3.63, 3.8) is 0 Å². The Hall–Kier alpha value is -11.8. The maximum atomic E-state index is 14.7. The minimum atomic E-state index is -1.73. The maximum Gasteiger partial charge on any atom is 0.325 e. The minimum Gasteiger partial charge on any atom is -0.481 e. The van der Waals surface area contributed by atoms with Crippen LogP contribution in [0.1, 0.15) is 176 Å². The van der Waals surface area contributed by atoms with E-state index in [1.54, 1.807) is 60.7 Å². The van der Waals surface area contributed by atoms with E-state index in [0.717, 1.165) is 0 Å². The van der Waals surface area contributed by atoms with E-state index < -0.39 is 241 Å². The van der Waals surface area contributed by atoms with Crippen molar-refractivity contribution < 1.29 is 106 Å². The number of carboxylic acids is 3. The highest BCUT2D eigenvalue weighted by atomic mass is 16.4. The summed E-state index contributed by atoms with van der Waals surface area (Å²) in [7, 11) is 0. The van der Waals surface area contributed by atoms with Gasteiger partial charge in [0.25, 0.3) is 0 Å². The quantitative estimate of drug-likeness (QED) is 0.0276. The van der Waals surface area contributed by atoms with Gasteiger partial charge in [-0.15, -0.1) is 0 Å². The lowest BCUT2D eigenvalue weighted by Gasteiger charge is -2.28. The van der Waals surface area contributed by atoms with E-state index in [-0.39, 0.29) is 96.9 Å². The number of carbonyl (C=O) groups is 19. The molecule has 676 valence electrons. The number of nitrogens with two attached hydrogens (primary N) is 4. The number of aliphatic carboxylic acids is 3. The molecule has 122 heavy (non-hydrogen) atoms. The first-order valence-electron chi connectivity index (χ1n) is 41.2. The number of likely N-dealkylation sites (tertiary alicyclic amines) is 2. The second kappa shape index (κ2) is 52.4. The predicted molar refractivity (Wildman–Crippen MR) is 440 cm³/mol. The number of nitrogens with one attached hydrogen (secondary N) is 14. The number of nitrogens with zero attached hydrogens (tertiary/aromatic N) is 2. The zero-order valence-electron chi connectivity index (χ0n) is 70.4. The van der Waals surface area contributed by atoms with Crippen molar-refractivity contribution in [2.45, 2.75) is 280 Å². The number of unbranched alkanes of at least 4 members (excludes halogenated alkanes) is 3. The second-order valence-electron chi connectivity index (χ2n) is 30.6. The van der Waals surface area contributed by atoms with E-state index in [1.807, 2.05) is 0 Å². The van der Waals surface area contributed by atoms with Crippen molar-refractivity contribution in [3.05, 3.63) is 71.8 Å². The Bertz CT molecular complexity index is 3940. The third kappa shape index (κ3) is 34.7. The molecule has 42 nitrogen and oxygen atoms in total. The average Bonchev–Trinajstić information content (AvgIpc) is 1.68. The van der Waals surface area contributed by atoms with E-state index in [9.17, 15) is 106 Å². The highest BCUT2D eigenvalue weighted by Crippen LogP contribution is 2.22. The van der Waals surface area contributed by atoms with Crippen LogP contribution in [0.5, 0.6) is 0 Å². The van der Waals surface area contributed by atoms with Gasteiger partial charge in [0.2, 0.25) is 94.5 Å². The lowest BCUT2D eigenvalue weighted by atomic mass is 10.0. The standard InChI is InChI=1S/C80H124N20O22/c1-43(84)78(119)99-39-21-31-61(99)77(118)96-57(33-35-63(103)104)73(114)93-53(27-15-18-36-81)69(110)88-47(5)67(108)92-55(29-17-20-38-83)72(113)98-59(42-52-25-13-10-14-26-52)75(116)95-56(32-34-62(101)102)71(112)89-48(6)68(109)97-58(41-51-23-11-9-12-24-51)74(115)94-54(28-16-19-37-82)70(111)87-46(4)65(106)85-44(2)64(105)86-45(3)66(107)90-49(7)79(120)100-40-22-30-60(100)76(117)91-50(8)80(121)122/h9-14,23-26,43-50,53-61H,15-22,27-42,81-84H2,1-8H3,(H,85,106)(H,86,105)(H,87,111)(H,88,110)(H,89,112)(H,90,107)(H,91,117)(H,92,108)(H,93,114)(H,94,115)(H,95,116)(H,96,118)(H,97,109)(H,98,113)(H,101,102)(H,103,104)(H,121,122)/t43-,44-,45-,46-,47-,48-,49-,50-,53-,54-,55-,56-,57-,58-,59-,60-,61-/m0/s1. The third-order valence-corrected chi connectivity index (χ3v) is 20.4. The largest absolute Gasteiger partial charge is 0.481 e. The van der Waals surface area contributed by atoms with Crippen LogP contribution in [0.15, 0.2) is 60.7 Å². The molecule has 42 heteroatoms. The number of carbonyl (C=O) groups excluding carboxylic acids is 16. The molecule has 0 aliphatic carbocycles. The van der Waals surface area contributed by atoms with Crippen LogP contribution in [0.3, 0.4) is 0 Å². The molecular weight excluding hydrogens is 1590 g/mol. The molecule has 2 saturated heterocycles. The summed E-state index contributed by atoms with van der Waals surface area (Å²) in [6.07, 6.45) is 0.314. The number of rotatable bonds is 53. The molecule has 2 heterocycles. The molecule has 2 aromatic rings. The summed E-state index contributed by atoms with van der Waals surface area (Å²) >= 11 is 0. The van der Waals surface area contributed by atoms with Crippen LogP contribution in [-0.4, -0.2) is 273 Å². The lowest BCUT2D eigenvalue weighted by Crippen LogP contribution is -2.60. The molecular formula is C80H124N20O22. The number of carboxylic acid groups (broad SMARTS) is 3. The fourth-order valence-corrected chi connectivity index (χ4v) is 13.3. The van der Waals surface area contributed by atoms with E-state index in [4.69, 9.17) is 22.9 Å². The fourth-order valence-electron chi connectivity index (χ4n) is 13.3. The molecule has 4 rings (SSSR count). The van der Waals surface area contributed by atoms with Crippen LogP contribution in [0.4, 0.5) is 0 Å². The maximum absolute atomic E-state index is 14.7. The monoisotopic (exact) mass is 1720 g/mol. The Kier molecular flexibility index (Phi) is 44.1. The van der Waals surface area contributed by atoms with Gasteiger partial charge in [0.05, 0.1) is 6.04 Å². The lowest BCUT2D eigenvalue weighted by molar-refractivity contribution is -0.144. The molecule has 0 saturated carbocycles. The fraction of sp³-hybridized carbons (Fsp3) is 0.613. The average molecular weight is 1720 g/mol. The van der Waals surface area contributed by atoms with Gasteiger partial charge in [0.15, 0.2) is 0 Å². The summed E-state index contributed by atoms with van der Waals surface area (Å²) in [5.41, 5.74) is 24.2. The van der Waals surface area contributed by atoms with Crippen molar-refractivity contribution in [1.29, 1.82) is 0 Å². The van der Waals surface area contributed by atoms with Crippen molar-refractivity contribution >= 4 is 112 Å². The molecule has 17 atom stereocenters. The van der Waals surface area contributed by atoms with Gasteiger partial charge in [-0.05, 0) is 182 Å². The molecule has 2 aromatic carbocycles. The van der Waals surface area contributed by atoms with Crippen LogP contribution in [0.2, 0.25) is 0 Å². The Morgan fingerprint density at radius 1 is 0.328 bits per heavy atom. The molecule has 16 amide bonds. The Balaban J connectivity index is 1.49. The first-order valence-corrected chi connectivity index (χ1v) is 41.2. The van der Waals surface area contributed by atoms with Crippen molar-refractivity contribution in [2.75, 3.05) is 32.7 Å². The summed E-state index contributed by atoms with van der Waals surface area (Å²) in [5.74, 6) is -17.7. The van der Waals surface area contributed by atoms with Gasteiger partial charge in [-0.25, -0.2) is 0 Å². The molecule has 0 spiro atoms. The highest BCUT2D eigenvalue weighted by molar-refractivity contribution is 6.01. The summed E-state index contributed by atoms with van der Waals surface area (Å²) in [6, 6.07) is -6.35.